The van der Waals surface area contributed by atoms with Crippen molar-refractivity contribution in [2.24, 2.45) is 11.3 Å². The molecule has 0 aliphatic heterocycles. The van der Waals surface area contributed by atoms with Gasteiger partial charge in [-0.2, -0.15) is 0 Å². The van der Waals surface area contributed by atoms with Gasteiger partial charge in [-0.05, 0) is 56.2 Å². The first-order chi connectivity index (χ1) is 9.39. The molecular weight excluding hydrogens is 260 g/mol. The Morgan fingerprint density at radius 2 is 1.65 bits per heavy atom. The number of allylic oxidation sites excluding steroid dienone is 2. The van der Waals surface area contributed by atoms with Crippen LogP contribution in [-0.2, 0) is 4.43 Å². The normalized spacial score (nSPS) is 23.7. The largest absolute Gasteiger partial charge is 0.550 e. The summed E-state index contributed by atoms with van der Waals surface area (Å²) in [6.45, 7) is 11.8. The van der Waals surface area contributed by atoms with E-state index in [1.807, 2.05) is 0 Å². The zero-order valence-corrected chi connectivity index (χ0v) is 15.7. The van der Waals surface area contributed by atoms with Gasteiger partial charge in [0, 0.05) is 6.42 Å². The van der Waals surface area contributed by atoms with E-state index >= 15 is 0 Å². The molecule has 0 saturated heterocycles. The molecule has 0 amide bonds. The number of hydrogen-bond acceptors (Lipinski definition) is 1. The lowest BCUT2D eigenvalue weighted by Crippen LogP contribution is -2.20. The van der Waals surface area contributed by atoms with Gasteiger partial charge in [0.25, 0.3) is 0 Å². The van der Waals surface area contributed by atoms with Crippen LogP contribution >= 0.6 is 0 Å². The van der Waals surface area contributed by atoms with E-state index in [0.717, 1.165) is 5.92 Å². The molecule has 1 aliphatic carbocycles. The monoisotopic (exact) mass is 296 g/mol. The van der Waals surface area contributed by atoms with E-state index in [4.69, 9.17) is 4.43 Å². The first-order valence-corrected chi connectivity index (χ1v) is 11.5. The van der Waals surface area contributed by atoms with Gasteiger partial charge in [0.15, 0.2) is 0 Å². The second-order valence-electron chi connectivity index (χ2n) is 7.78. The van der Waals surface area contributed by atoms with E-state index in [2.05, 4.69) is 39.9 Å². The fourth-order valence-corrected chi connectivity index (χ4v) is 4.01. The van der Waals surface area contributed by atoms with E-state index < -0.39 is 9.04 Å². The maximum atomic E-state index is 6.12. The van der Waals surface area contributed by atoms with Crippen molar-refractivity contribution in [3.8, 4) is 0 Å². The van der Waals surface area contributed by atoms with Gasteiger partial charge in [0.05, 0.1) is 5.76 Å². The Labute approximate surface area is 128 Å². The molecule has 1 atom stereocenters. The van der Waals surface area contributed by atoms with Crippen LogP contribution in [0.3, 0.4) is 0 Å². The van der Waals surface area contributed by atoms with Gasteiger partial charge < -0.3 is 4.43 Å². The molecule has 0 saturated carbocycles. The lowest BCUT2D eigenvalue weighted by molar-refractivity contribution is 0.206. The molecule has 2 heteroatoms. The first-order valence-electron chi connectivity index (χ1n) is 8.75. The molecule has 0 heterocycles. The molecule has 0 aromatic heterocycles. The SMILES string of the molecule is C[SiH](C)OC1=CCCC(C(C)(C)C)CCCCCCC1. The van der Waals surface area contributed by atoms with Crippen LogP contribution in [0.4, 0.5) is 0 Å². The molecule has 20 heavy (non-hydrogen) atoms. The van der Waals surface area contributed by atoms with Gasteiger partial charge >= 0.3 is 0 Å². The fraction of sp³-hybridized carbons (Fsp3) is 0.889. The second-order valence-corrected chi connectivity index (χ2v) is 10.1. The average molecular weight is 297 g/mol. The molecule has 1 aliphatic rings. The summed E-state index contributed by atoms with van der Waals surface area (Å²) in [6, 6.07) is 0. The quantitative estimate of drug-likeness (QED) is 0.563. The minimum absolute atomic E-state index is 0.450. The average Bonchev–Trinajstić information content (AvgIpc) is 2.30. The smallest absolute Gasteiger partial charge is 0.229 e. The summed E-state index contributed by atoms with van der Waals surface area (Å²) in [5, 5.41) is 0. The third-order valence-electron chi connectivity index (χ3n) is 4.47. The maximum Gasteiger partial charge on any atom is 0.229 e. The number of rotatable bonds is 2. The second kappa shape index (κ2) is 8.91. The molecule has 0 aromatic carbocycles. The standard InChI is InChI=1S/C18H36OSi/c1-18(2,3)16-12-9-7-6-8-10-14-17(15-11-13-16)19-20(4)5/h15-16,20H,6-14H2,1-5H3. The van der Waals surface area contributed by atoms with Crippen LogP contribution in [0.2, 0.25) is 13.1 Å². The van der Waals surface area contributed by atoms with E-state index in [1.165, 1.54) is 63.5 Å². The highest BCUT2D eigenvalue weighted by Crippen LogP contribution is 2.34. The van der Waals surface area contributed by atoms with Gasteiger partial charge in [0.1, 0.15) is 0 Å². The maximum absolute atomic E-state index is 6.12. The van der Waals surface area contributed by atoms with Crippen LogP contribution in [0.15, 0.2) is 11.8 Å². The highest BCUT2D eigenvalue weighted by molar-refractivity contribution is 6.48. The Hall–Kier alpha value is -0.243. The Kier molecular flexibility index (Phi) is 7.94. The molecule has 1 rings (SSSR count). The zero-order chi connectivity index (χ0) is 15.0. The van der Waals surface area contributed by atoms with E-state index in [9.17, 15) is 0 Å². The topological polar surface area (TPSA) is 9.23 Å². The predicted molar refractivity (Wildman–Crippen MR) is 92.5 cm³/mol. The van der Waals surface area contributed by atoms with Gasteiger partial charge in [-0.1, -0.05) is 46.5 Å². The fourth-order valence-electron chi connectivity index (χ4n) is 3.19. The number of hydrogen-bond donors (Lipinski definition) is 0. The molecule has 118 valence electrons. The van der Waals surface area contributed by atoms with Gasteiger partial charge in [-0.15, -0.1) is 0 Å². The van der Waals surface area contributed by atoms with Crippen LogP contribution in [-0.4, -0.2) is 9.04 Å². The van der Waals surface area contributed by atoms with Crippen LogP contribution in [0, 0.1) is 11.3 Å². The van der Waals surface area contributed by atoms with Crippen LogP contribution < -0.4 is 0 Å². The highest BCUT2D eigenvalue weighted by Gasteiger charge is 2.23. The molecule has 0 aromatic rings. The molecule has 0 radical (unpaired) electrons. The summed E-state index contributed by atoms with van der Waals surface area (Å²) in [5.74, 6) is 2.16. The van der Waals surface area contributed by atoms with Crippen LogP contribution in [0.5, 0.6) is 0 Å². The van der Waals surface area contributed by atoms with Gasteiger partial charge in [-0.3, -0.25) is 0 Å². The highest BCUT2D eigenvalue weighted by atomic mass is 28.3. The third kappa shape index (κ3) is 7.52. The predicted octanol–water partition coefficient (Wildman–Crippen LogP) is 6.06. The third-order valence-corrected chi connectivity index (χ3v) is 5.25. The Morgan fingerprint density at radius 1 is 1.00 bits per heavy atom. The van der Waals surface area contributed by atoms with Crippen molar-refractivity contribution in [1.82, 2.24) is 0 Å². The van der Waals surface area contributed by atoms with E-state index in [0.29, 0.717) is 5.41 Å². The minimum Gasteiger partial charge on any atom is -0.550 e. The van der Waals surface area contributed by atoms with Crippen LogP contribution in [0.1, 0.15) is 78.6 Å². The van der Waals surface area contributed by atoms with Crippen molar-refractivity contribution in [2.45, 2.75) is 91.7 Å². The summed E-state index contributed by atoms with van der Waals surface area (Å²) < 4.78 is 6.12. The van der Waals surface area contributed by atoms with Gasteiger partial charge in [0.2, 0.25) is 9.04 Å². The molecule has 0 bridgehead atoms. The molecule has 1 nitrogen and oxygen atoms in total. The van der Waals surface area contributed by atoms with Crippen molar-refractivity contribution in [1.29, 1.82) is 0 Å². The van der Waals surface area contributed by atoms with Gasteiger partial charge in [-0.25, -0.2) is 0 Å². The van der Waals surface area contributed by atoms with Crippen molar-refractivity contribution in [3.05, 3.63) is 11.8 Å². The summed E-state index contributed by atoms with van der Waals surface area (Å²) in [5.41, 5.74) is 0.450. The van der Waals surface area contributed by atoms with E-state index in [1.54, 1.807) is 0 Å². The Bertz CT molecular complexity index is 288. The molecule has 1 unspecified atom stereocenters. The molecule has 0 N–H and O–H groups in total. The van der Waals surface area contributed by atoms with Crippen molar-refractivity contribution < 1.29 is 4.43 Å². The Balaban J connectivity index is 2.64. The summed E-state index contributed by atoms with van der Waals surface area (Å²) in [4.78, 5) is 0. The summed E-state index contributed by atoms with van der Waals surface area (Å²) >= 11 is 0. The molecule has 0 fully saturated rings. The Morgan fingerprint density at radius 3 is 2.30 bits per heavy atom. The summed E-state index contributed by atoms with van der Waals surface area (Å²) in [6.07, 6.45) is 14.5. The molecular formula is C18H36OSi. The zero-order valence-electron chi connectivity index (χ0n) is 14.5. The minimum atomic E-state index is -0.942. The van der Waals surface area contributed by atoms with Crippen molar-refractivity contribution >= 4 is 9.04 Å². The molecule has 0 spiro atoms. The van der Waals surface area contributed by atoms with E-state index in [-0.39, 0.29) is 0 Å². The lowest BCUT2D eigenvalue weighted by Gasteiger charge is -2.31. The van der Waals surface area contributed by atoms with Crippen molar-refractivity contribution in [2.75, 3.05) is 0 Å². The van der Waals surface area contributed by atoms with Crippen molar-refractivity contribution in [3.63, 3.8) is 0 Å². The first kappa shape index (κ1) is 17.8. The van der Waals surface area contributed by atoms with Crippen LogP contribution in [0.25, 0.3) is 0 Å². The lowest BCUT2D eigenvalue weighted by atomic mass is 9.75. The summed E-state index contributed by atoms with van der Waals surface area (Å²) in [7, 11) is -0.942.